The Morgan fingerprint density at radius 3 is 2.39 bits per heavy atom. The zero-order valence-corrected chi connectivity index (χ0v) is 15.6. The van der Waals surface area contributed by atoms with Crippen molar-refractivity contribution in [1.82, 2.24) is 4.90 Å². The van der Waals surface area contributed by atoms with Crippen molar-refractivity contribution in [1.29, 1.82) is 0 Å². The summed E-state index contributed by atoms with van der Waals surface area (Å²) in [5, 5.41) is 0. The molecule has 2 bridgehead atoms. The minimum Gasteiger partial charge on any atom is -0.497 e. The first kappa shape index (κ1) is 19.0. The van der Waals surface area contributed by atoms with Crippen LogP contribution in [0.5, 0.6) is 5.75 Å². The van der Waals surface area contributed by atoms with Crippen molar-refractivity contribution >= 4 is 5.78 Å². The molecule has 2 saturated heterocycles. The van der Waals surface area contributed by atoms with E-state index >= 15 is 0 Å². The molecule has 2 aromatic carbocycles. The molecule has 148 valence electrons. The van der Waals surface area contributed by atoms with E-state index in [-0.39, 0.29) is 11.8 Å². The number of ketones is 1. The topological polar surface area (TPSA) is 29.5 Å². The average Bonchev–Trinajstić information content (AvgIpc) is 2.89. The number of hydrogen-bond donors (Lipinski definition) is 0. The van der Waals surface area contributed by atoms with Crippen LogP contribution in [0.25, 0.3) is 0 Å². The fourth-order valence-corrected chi connectivity index (χ4v) is 4.71. The first-order chi connectivity index (χ1) is 13.3. The monoisotopic (exact) mass is 389 g/mol. The van der Waals surface area contributed by atoms with Gasteiger partial charge in [0.25, 0.3) is 0 Å². The molecule has 2 aromatic rings. The number of fused-ring (bicyclic) bond motifs is 2. The van der Waals surface area contributed by atoms with Gasteiger partial charge in [0, 0.05) is 25.4 Å². The molecule has 6 heteroatoms. The molecule has 0 saturated carbocycles. The van der Waals surface area contributed by atoms with Gasteiger partial charge in [-0.1, -0.05) is 24.3 Å². The fourth-order valence-electron chi connectivity index (χ4n) is 4.71. The summed E-state index contributed by atoms with van der Waals surface area (Å²) in [5.74, 6) is 0.964. The number of carbonyl (C=O) groups excluding carboxylic acids is 1. The average molecular weight is 389 g/mol. The van der Waals surface area contributed by atoms with Crippen LogP contribution in [0.15, 0.2) is 48.5 Å². The summed E-state index contributed by atoms with van der Waals surface area (Å²) >= 11 is 0. The largest absolute Gasteiger partial charge is 0.497 e. The quantitative estimate of drug-likeness (QED) is 0.742. The van der Waals surface area contributed by atoms with Crippen LogP contribution in [0.1, 0.15) is 42.4 Å². The third kappa shape index (κ3) is 3.30. The van der Waals surface area contributed by atoms with E-state index in [0.717, 1.165) is 41.9 Å². The van der Waals surface area contributed by atoms with Gasteiger partial charge in [-0.05, 0) is 48.2 Å². The van der Waals surface area contributed by atoms with E-state index in [4.69, 9.17) is 4.74 Å². The molecule has 2 atom stereocenters. The lowest BCUT2D eigenvalue weighted by atomic mass is 9.80. The minimum atomic E-state index is -4.36. The summed E-state index contributed by atoms with van der Waals surface area (Å²) in [6.07, 6.45) is -1.84. The third-order valence-corrected chi connectivity index (χ3v) is 6.10. The smallest absolute Gasteiger partial charge is 0.416 e. The van der Waals surface area contributed by atoms with Crippen LogP contribution in [0, 0.1) is 0 Å². The molecule has 2 aliphatic heterocycles. The van der Waals surface area contributed by atoms with Crippen molar-refractivity contribution in [2.45, 2.75) is 50.0 Å². The number of hydrogen-bond acceptors (Lipinski definition) is 3. The Morgan fingerprint density at radius 1 is 1.11 bits per heavy atom. The second-order valence-electron chi connectivity index (χ2n) is 7.69. The first-order valence-corrected chi connectivity index (χ1v) is 9.41. The number of rotatable bonds is 4. The van der Waals surface area contributed by atoms with E-state index < -0.39 is 17.3 Å². The van der Waals surface area contributed by atoms with Gasteiger partial charge in [0.15, 0.2) is 0 Å². The van der Waals surface area contributed by atoms with Gasteiger partial charge in [-0.15, -0.1) is 0 Å². The summed E-state index contributed by atoms with van der Waals surface area (Å²) in [4.78, 5) is 14.7. The molecular weight excluding hydrogens is 367 g/mol. The Morgan fingerprint density at radius 2 is 1.79 bits per heavy atom. The van der Waals surface area contributed by atoms with Crippen molar-refractivity contribution in [2.75, 3.05) is 7.11 Å². The third-order valence-electron chi connectivity index (χ3n) is 6.10. The van der Waals surface area contributed by atoms with E-state index in [9.17, 15) is 18.0 Å². The number of alkyl halides is 3. The van der Waals surface area contributed by atoms with Crippen LogP contribution >= 0.6 is 0 Å². The number of methoxy groups -OCH3 is 1. The Balaban J connectivity index is 1.67. The summed E-state index contributed by atoms with van der Waals surface area (Å²) in [6, 6.07) is 13.3. The van der Waals surface area contributed by atoms with Crippen molar-refractivity contribution in [2.24, 2.45) is 0 Å². The molecule has 0 N–H and O–H groups in total. The van der Waals surface area contributed by atoms with Gasteiger partial charge in [-0.3, -0.25) is 9.69 Å². The van der Waals surface area contributed by atoms with Gasteiger partial charge >= 0.3 is 6.18 Å². The zero-order valence-electron chi connectivity index (χ0n) is 15.6. The first-order valence-electron chi connectivity index (χ1n) is 9.41. The SMILES string of the molecule is COc1ccc(CN2[C@H]3CC[C@@]2(c2ccc(C(F)(F)F)cc2)CC(=O)C3)cc1. The van der Waals surface area contributed by atoms with E-state index in [1.807, 2.05) is 24.3 Å². The molecule has 2 aliphatic rings. The minimum absolute atomic E-state index is 0.130. The van der Waals surface area contributed by atoms with Gasteiger partial charge in [-0.2, -0.15) is 13.2 Å². The second kappa shape index (κ2) is 6.92. The number of Topliss-reactive ketones (excluding diaryl/α,β-unsaturated/α-hetero) is 1. The summed E-state index contributed by atoms with van der Waals surface area (Å²) in [7, 11) is 1.62. The molecular formula is C22H22F3NO2. The molecule has 0 amide bonds. The van der Waals surface area contributed by atoms with E-state index in [1.54, 1.807) is 19.2 Å². The zero-order chi connectivity index (χ0) is 19.9. The van der Waals surface area contributed by atoms with Crippen molar-refractivity contribution in [3.63, 3.8) is 0 Å². The van der Waals surface area contributed by atoms with Crippen LogP contribution in [-0.4, -0.2) is 23.8 Å². The normalized spacial score (nSPS) is 25.1. The van der Waals surface area contributed by atoms with Gasteiger partial charge in [-0.25, -0.2) is 0 Å². The van der Waals surface area contributed by atoms with E-state index in [1.165, 1.54) is 0 Å². The van der Waals surface area contributed by atoms with E-state index in [2.05, 4.69) is 4.90 Å². The van der Waals surface area contributed by atoms with E-state index in [0.29, 0.717) is 19.4 Å². The molecule has 0 aromatic heterocycles. The lowest BCUT2D eigenvalue weighted by molar-refractivity contribution is -0.137. The molecule has 3 nitrogen and oxygen atoms in total. The molecule has 2 heterocycles. The lowest BCUT2D eigenvalue weighted by Gasteiger charge is -2.45. The maximum absolute atomic E-state index is 13.0. The highest BCUT2D eigenvalue weighted by Crippen LogP contribution is 2.50. The van der Waals surface area contributed by atoms with Crippen molar-refractivity contribution < 1.29 is 22.7 Å². The highest BCUT2D eigenvalue weighted by molar-refractivity contribution is 5.82. The summed E-state index contributed by atoms with van der Waals surface area (Å²) < 4.78 is 44.1. The van der Waals surface area contributed by atoms with Crippen molar-refractivity contribution in [3.8, 4) is 5.75 Å². The predicted molar refractivity (Wildman–Crippen MR) is 98.9 cm³/mol. The highest BCUT2D eigenvalue weighted by Gasteiger charge is 2.52. The number of benzene rings is 2. The van der Waals surface area contributed by atoms with Gasteiger partial charge in [0.2, 0.25) is 0 Å². The van der Waals surface area contributed by atoms with Crippen LogP contribution in [0.2, 0.25) is 0 Å². The Bertz CT molecular complexity index is 861. The van der Waals surface area contributed by atoms with Crippen LogP contribution < -0.4 is 4.74 Å². The van der Waals surface area contributed by atoms with Crippen molar-refractivity contribution in [3.05, 3.63) is 65.2 Å². The second-order valence-corrected chi connectivity index (χ2v) is 7.69. The molecule has 0 spiro atoms. The number of nitrogens with zero attached hydrogens (tertiary/aromatic N) is 1. The number of piperidine rings is 1. The van der Waals surface area contributed by atoms with Crippen LogP contribution in [0.4, 0.5) is 13.2 Å². The Kier molecular flexibility index (Phi) is 4.70. The Hall–Kier alpha value is -2.34. The molecule has 0 aliphatic carbocycles. The molecule has 0 radical (unpaired) electrons. The van der Waals surface area contributed by atoms with Gasteiger partial charge in [0.05, 0.1) is 18.2 Å². The van der Waals surface area contributed by atoms with Gasteiger partial charge in [0.1, 0.15) is 11.5 Å². The molecule has 28 heavy (non-hydrogen) atoms. The predicted octanol–water partition coefficient (Wildman–Crippen LogP) is 4.94. The summed E-state index contributed by atoms with van der Waals surface area (Å²) in [6.45, 7) is 0.656. The number of halogens is 3. The molecule has 4 rings (SSSR count). The Labute approximate surface area is 162 Å². The molecule has 0 unspecified atom stereocenters. The fraction of sp³-hybridized carbons (Fsp3) is 0.409. The van der Waals surface area contributed by atoms with Crippen LogP contribution in [0.3, 0.4) is 0 Å². The summed E-state index contributed by atoms with van der Waals surface area (Å²) in [5.41, 5.74) is 0.707. The maximum atomic E-state index is 13.0. The van der Waals surface area contributed by atoms with Gasteiger partial charge < -0.3 is 4.74 Å². The van der Waals surface area contributed by atoms with Crippen LogP contribution in [-0.2, 0) is 23.1 Å². The maximum Gasteiger partial charge on any atom is 0.416 e. The standard InChI is InChI=1S/C22H22F3NO2/c1-28-20-8-2-15(3-9-20)14-26-18-10-11-21(26,13-19(27)12-18)16-4-6-17(7-5-16)22(23,24)25/h2-9,18H,10-14H2,1H3/t18-,21-/m0/s1. The number of ether oxygens (including phenoxy) is 1. The lowest BCUT2D eigenvalue weighted by Crippen LogP contribution is -2.50. The highest BCUT2D eigenvalue weighted by atomic mass is 19.4. The number of carbonyl (C=O) groups is 1. The molecule has 2 fully saturated rings.